The molecule has 2 rings (SSSR count). The fourth-order valence-corrected chi connectivity index (χ4v) is 1.73. The van der Waals surface area contributed by atoms with Crippen LogP contribution in [-0.2, 0) is 17.8 Å². The van der Waals surface area contributed by atoms with Crippen molar-refractivity contribution in [3.05, 3.63) is 35.4 Å². The van der Waals surface area contributed by atoms with E-state index in [9.17, 15) is 0 Å². The average molecular weight is 219 g/mol. The maximum absolute atomic E-state index is 5.37. The van der Waals surface area contributed by atoms with Gasteiger partial charge in [0.1, 0.15) is 0 Å². The van der Waals surface area contributed by atoms with E-state index in [4.69, 9.17) is 4.74 Å². The fourth-order valence-electron chi connectivity index (χ4n) is 1.73. The first-order valence-electron chi connectivity index (χ1n) is 6.27. The van der Waals surface area contributed by atoms with Crippen molar-refractivity contribution in [2.45, 2.75) is 38.8 Å². The summed E-state index contributed by atoms with van der Waals surface area (Å²) in [5.74, 6) is 0. The van der Waals surface area contributed by atoms with Crippen LogP contribution in [0.2, 0.25) is 0 Å². The van der Waals surface area contributed by atoms with Crippen molar-refractivity contribution < 1.29 is 4.74 Å². The van der Waals surface area contributed by atoms with Crippen LogP contribution in [0.4, 0.5) is 0 Å². The van der Waals surface area contributed by atoms with E-state index in [2.05, 4.69) is 29.6 Å². The molecule has 88 valence electrons. The summed E-state index contributed by atoms with van der Waals surface area (Å²) in [5.41, 5.74) is 2.68. The van der Waals surface area contributed by atoms with E-state index >= 15 is 0 Å². The number of hydrogen-bond donors (Lipinski definition) is 1. The summed E-state index contributed by atoms with van der Waals surface area (Å²) >= 11 is 0. The minimum atomic E-state index is 0.733. The Bertz CT molecular complexity index is 303. The Hall–Kier alpha value is -0.860. The van der Waals surface area contributed by atoms with Crippen LogP contribution in [0.15, 0.2) is 24.3 Å². The summed E-state index contributed by atoms with van der Waals surface area (Å²) in [7, 11) is 0. The molecule has 1 aromatic carbocycles. The molecule has 0 heterocycles. The van der Waals surface area contributed by atoms with Crippen LogP contribution in [0.3, 0.4) is 0 Å². The predicted octanol–water partition coefficient (Wildman–Crippen LogP) is 2.52. The van der Waals surface area contributed by atoms with Crippen LogP contribution in [0, 0.1) is 0 Å². The van der Waals surface area contributed by atoms with Gasteiger partial charge in [-0.2, -0.15) is 0 Å². The van der Waals surface area contributed by atoms with Gasteiger partial charge in [-0.3, -0.25) is 0 Å². The molecule has 0 aromatic heterocycles. The van der Waals surface area contributed by atoms with Crippen molar-refractivity contribution in [1.29, 1.82) is 0 Å². The van der Waals surface area contributed by atoms with Gasteiger partial charge >= 0.3 is 0 Å². The van der Waals surface area contributed by atoms with Gasteiger partial charge in [0.25, 0.3) is 0 Å². The Balaban J connectivity index is 1.72. The Kier molecular flexibility index (Phi) is 4.37. The predicted molar refractivity (Wildman–Crippen MR) is 66.5 cm³/mol. The molecule has 0 amide bonds. The van der Waals surface area contributed by atoms with Crippen molar-refractivity contribution >= 4 is 0 Å². The maximum atomic E-state index is 5.37. The first-order chi connectivity index (χ1) is 7.88. The summed E-state index contributed by atoms with van der Waals surface area (Å²) in [4.78, 5) is 0. The molecule has 0 atom stereocenters. The zero-order valence-corrected chi connectivity index (χ0v) is 10.0. The zero-order valence-electron chi connectivity index (χ0n) is 10.0. The quantitative estimate of drug-likeness (QED) is 0.761. The van der Waals surface area contributed by atoms with Gasteiger partial charge < -0.3 is 10.1 Å². The topological polar surface area (TPSA) is 21.3 Å². The summed E-state index contributed by atoms with van der Waals surface area (Å²) in [6.07, 6.45) is 3.87. The van der Waals surface area contributed by atoms with E-state index in [1.54, 1.807) is 0 Å². The summed E-state index contributed by atoms with van der Waals surface area (Å²) in [6.45, 7) is 4.65. The average Bonchev–Trinajstić information content (AvgIpc) is 3.12. The SMILES string of the molecule is CCOCc1ccc(CCNC2CC2)cc1. The Morgan fingerprint density at radius 1 is 1.19 bits per heavy atom. The molecular weight excluding hydrogens is 198 g/mol. The third-order valence-electron chi connectivity index (χ3n) is 2.92. The van der Waals surface area contributed by atoms with Gasteiger partial charge in [0.05, 0.1) is 6.61 Å². The van der Waals surface area contributed by atoms with Crippen LogP contribution in [-0.4, -0.2) is 19.2 Å². The van der Waals surface area contributed by atoms with E-state index in [1.165, 1.54) is 24.0 Å². The lowest BCUT2D eigenvalue weighted by molar-refractivity contribution is 0.134. The Labute approximate surface area is 98.0 Å². The highest BCUT2D eigenvalue weighted by molar-refractivity contribution is 5.22. The molecule has 1 N–H and O–H groups in total. The summed E-state index contributed by atoms with van der Waals surface area (Å²) in [5, 5.41) is 3.53. The van der Waals surface area contributed by atoms with Crippen molar-refractivity contribution in [3.8, 4) is 0 Å². The molecule has 0 spiro atoms. The monoisotopic (exact) mass is 219 g/mol. The van der Waals surface area contributed by atoms with Gasteiger partial charge in [-0.1, -0.05) is 24.3 Å². The minimum absolute atomic E-state index is 0.733. The second-order valence-corrected chi connectivity index (χ2v) is 4.43. The molecule has 1 saturated carbocycles. The van der Waals surface area contributed by atoms with Crippen molar-refractivity contribution in [2.75, 3.05) is 13.2 Å². The van der Waals surface area contributed by atoms with E-state index < -0.39 is 0 Å². The van der Waals surface area contributed by atoms with E-state index in [-0.39, 0.29) is 0 Å². The van der Waals surface area contributed by atoms with Gasteiger partial charge in [-0.15, -0.1) is 0 Å². The molecular formula is C14H21NO. The summed E-state index contributed by atoms with van der Waals surface area (Å²) < 4.78 is 5.37. The molecule has 1 fully saturated rings. The van der Waals surface area contributed by atoms with E-state index in [0.717, 1.165) is 32.2 Å². The molecule has 0 aliphatic heterocycles. The molecule has 2 nitrogen and oxygen atoms in total. The van der Waals surface area contributed by atoms with E-state index in [0.29, 0.717) is 0 Å². The highest BCUT2D eigenvalue weighted by Gasteiger charge is 2.19. The molecule has 0 bridgehead atoms. The van der Waals surface area contributed by atoms with Crippen molar-refractivity contribution in [2.24, 2.45) is 0 Å². The Morgan fingerprint density at radius 2 is 1.88 bits per heavy atom. The largest absolute Gasteiger partial charge is 0.377 e. The molecule has 1 aliphatic carbocycles. The van der Waals surface area contributed by atoms with Gasteiger partial charge in [0.2, 0.25) is 0 Å². The second-order valence-electron chi connectivity index (χ2n) is 4.43. The molecule has 0 radical (unpaired) electrons. The van der Waals surface area contributed by atoms with Crippen molar-refractivity contribution in [3.63, 3.8) is 0 Å². The second kappa shape index (κ2) is 6.02. The lowest BCUT2D eigenvalue weighted by atomic mass is 10.1. The Morgan fingerprint density at radius 3 is 2.50 bits per heavy atom. The normalized spacial score (nSPS) is 15.3. The molecule has 0 saturated heterocycles. The molecule has 16 heavy (non-hydrogen) atoms. The molecule has 0 unspecified atom stereocenters. The maximum Gasteiger partial charge on any atom is 0.0716 e. The third-order valence-corrected chi connectivity index (χ3v) is 2.92. The van der Waals surface area contributed by atoms with Gasteiger partial charge in [-0.05, 0) is 43.9 Å². The standard InChI is InChI=1S/C14H21NO/c1-2-16-11-13-5-3-12(4-6-13)9-10-15-14-7-8-14/h3-6,14-15H,2,7-11H2,1H3. The smallest absolute Gasteiger partial charge is 0.0716 e. The first-order valence-corrected chi connectivity index (χ1v) is 6.27. The van der Waals surface area contributed by atoms with Crippen LogP contribution >= 0.6 is 0 Å². The lowest BCUT2D eigenvalue weighted by Crippen LogP contribution is -2.19. The number of ether oxygens (including phenoxy) is 1. The summed E-state index contributed by atoms with van der Waals surface area (Å²) in [6, 6.07) is 9.58. The van der Waals surface area contributed by atoms with Crippen molar-refractivity contribution in [1.82, 2.24) is 5.32 Å². The lowest BCUT2D eigenvalue weighted by Gasteiger charge is -2.05. The number of nitrogens with one attached hydrogen (secondary N) is 1. The van der Waals surface area contributed by atoms with E-state index in [1.807, 2.05) is 6.92 Å². The molecule has 2 heteroatoms. The van der Waals surface area contributed by atoms with Gasteiger partial charge in [0, 0.05) is 12.6 Å². The van der Waals surface area contributed by atoms with Crippen LogP contribution < -0.4 is 5.32 Å². The van der Waals surface area contributed by atoms with Crippen LogP contribution in [0.25, 0.3) is 0 Å². The highest BCUT2D eigenvalue weighted by Crippen LogP contribution is 2.18. The van der Waals surface area contributed by atoms with Gasteiger partial charge in [0.15, 0.2) is 0 Å². The zero-order chi connectivity index (χ0) is 11.2. The number of benzene rings is 1. The first kappa shape index (κ1) is 11.6. The molecule has 1 aliphatic rings. The molecule has 1 aromatic rings. The highest BCUT2D eigenvalue weighted by atomic mass is 16.5. The number of rotatable bonds is 7. The minimum Gasteiger partial charge on any atom is -0.377 e. The fraction of sp³-hybridized carbons (Fsp3) is 0.571. The van der Waals surface area contributed by atoms with Crippen LogP contribution in [0.1, 0.15) is 30.9 Å². The van der Waals surface area contributed by atoms with Gasteiger partial charge in [-0.25, -0.2) is 0 Å². The number of hydrogen-bond acceptors (Lipinski definition) is 2. The van der Waals surface area contributed by atoms with Crippen LogP contribution in [0.5, 0.6) is 0 Å². The third kappa shape index (κ3) is 3.95.